The molecule has 0 unspecified atom stereocenters. The lowest BCUT2D eigenvalue weighted by atomic mass is 9.30. The number of nitrogens with one attached hydrogen (secondary N) is 1. The third kappa shape index (κ3) is 4.50. The SMILES string of the molecule is BC1(B)OC(B)(B)C(B)(B)N(c2cc(C(=O)Nc3cc4cc(-c5cncn5C)ccc4nn3)ccn2)C1(B)B. The zero-order valence-corrected chi connectivity index (χ0v) is 24.2. The number of hydrogen-bond donors (Lipinski definition) is 1. The predicted molar refractivity (Wildman–Crippen MR) is 177 cm³/mol. The Bertz CT molecular complexity index is 1570. The first kappa shape index (κ1) is 27.2. The molecule has 3 aromatic heterocycles. The van der Waals surface area contributed by atoms with Crippen LogP contribution in [0.4, 0.5) is 11.6 Å². The number of nitrogens with zero attached hydrogens (tertiary/aromatic N) is 6. The number of morpholine rings is 1. The van der Waals surface area contributed by atoms with Crippen LogP contribution in [0.25, 0.3) is 22.2 Å². The van der Waals surface area contributed by atoms with Crippen molar-refractivity contribution in [2.24, 2.45) is 7.05 Å². The second-order valence-electron chi connectivity index (χ2n) is 12.3. The number of anilines is 2. The third-order valence-electron chi connectivity index (χ3n) is 8.75. The zero-order valence-electron chi connectivity index (χ0n) is 24.2. The van der Waals surface area contributed by atoms with Gasteiger partial charge in [-0.25, -0.2) is 9.97 Å². The van der Waals surface area contributed by atoms with Crippen molar-refractivity contribution in [2.45, 2.75) is 21.5 Å². The summed E-state index contributed by atoms with van der Waals surface area (Å²) in [5.41, 5.74) is 3.23. The molecule has 4 heterocycles. The Morgan fingerprint density at radius 3 is 2.26 bits per heavy atom. The number of benzene rings is 1. The summed E-state index contributed by atoms with van der Waals surface area (Å²) in [4.78, 5) is 24.6. The van der Waals surface area contributed by atoms with E-state index in [1.165, 1.54) is 0 Å². The highest BCUT2D eigenvalue weighted by molar-refractivity contribution is 6.61. The summed E-state index contributed by atoms with van der Waals surface area (Å²) in [5, 5.41) is 10.6. The number of carbonyl (C=O) groups is 1. The van der Waals surface area contributed by atoms with E-state index in [2.05, 4.69) is 88.2 Å². The number of amides is 1. The van der Waals surface area contributed by atoms with Crippen molar-refractivity contribution in [3.63, 3.8) is 0 Å². The van der Waals surface area contributed by atoms with E-state index >= 15 is 0 Å². The fourth-order valence-corrected chi connectivity index (χ4v) is 5.47. The number of hydrogen-bond acceptors (Lipinski definition) is 7. The molecule has 5 rings (SSSR count). The van der Waals surface area contributed by atoms with Gasteiger partial charge >= 0.3 is 0 Å². The molecule has 1 aliphatic heterocycles. The van der Waals surface area contributed by atoms with Gasteiger partial charge in [0.2, 0.25) is 0 Å². The summed E-state index contributed by atoms with van der Waals surface area (Å²) < 4.78 is 8.56. The molecule has 0 spiro atoms. The highest BCUT2D eigenvalue weighted by Gasteiger charge is 2.58. The fourth-order valence-electron chi connectivity index (χ4n) is 5.47. The van der Waals surface area contributed by atoms with Crippen LogP contribution >= 0.6 is 0 Å². The predicted octanol–water partition coefficient (Wildman–Crippen LogP) is -5.81. The maximum Gasteiger partial charge on any atom is 0.257 e. The lowest BCUT2D eigenvalue weighted by molar-refractivity contribution is -0.0256. The van der Waals surface area contributed by atoms with E-state index in [1.807, 2.05) is 48.1 Å². The first-order chi connectivity index (χ1) is 18.1. The number of ether oxygens (including phenoxy) is 1. The maximum absolute atomic E-state index is 13.4. The Morgan fingerprint density at radius 1 is 0.923 bits per heavy atom. The topological polar surface area (TPSA) is 98.1 Å². The van der Waals surface area contributed by atoms with Gasteiger partial charge in [0, 0.05) is 40.6 Å². The second-order valence-corrected chi connectivity index (χ2v) is 12.3. The van der Waals surface area contributed by atoms with E-state index in [0.29, 0.717) is 17.2 Å². The number of rotatable bonds is 4. The Morgan fingerprint density at radius 2 is 1.62 bits per heavy atom. The van der Waals surface area contributed by atoms with Gasteiger partial charge in [0.15, 0.2) is 5.82 Å². The van der Waals surface area contributed by atoms with Crippen LogP contribution < -0.4 is 10.2 Å². The first-order valence-electron chi connectivity index (χ1n) is 13.2. The van der Waals surface area contributed by atoms with Gasteiger partial charge in [-0.1, -0.05) is 6.07 Å². The minimum Gasteiger partial charge on any atom is -0.402 e. The average molecular weight is 510 g/mol. The molecule has 17 heteroatoms. The summed E-state index contributed by atoms with van der Waals surface area (Å²) in [6, 6.07) is 11.3. The van der Waals surface area contributed by atoms with Crippen LogP contribution in [0, 0.1) is 0 Å². The van der Waals surface area contributed by atoms with Crippen molar-refractivity contribution in [1.29, 1.82) is 0 Å². The lowest BCUT2D eigenvalue weighted by Gasteiger charge is -2.69. The quantitative estimate of drug-likeness (QED) is 0.274. The molecule has 39 heavy (non-hydrogen) atoms. The minimum atomic E-state index is -0.471. The molecule has 0 radical (unpaired) electrons. The minimum absolute atomic E-state index is 0.280. The molecular weight excluding hydrogens is 481 g/mol. The number of pyridine rings is 1. The van der Waals surface area contributed by atoms with E-state index in [0.717, 1.165) is 22.2 Å². The van der Waals surface area contributed by atoms with Gasteiger partial charge < -0.3 is 19.5 Å². The van der Waals surface area contributed by atoms with Crippen LogP contribution in [-0.2, 0) is 11.8 Å². The van der Waals surface area contributed by atoms with E-state index in [4.69, 9.17) is 9.72 Å². The van der Waals surface area contributed by atoms with Crippen molar-refractivity contribution >= 4 is 91.2 Å². The molecule has 1 aromatic carbocycles. The maximum atomic E-state index is 13.4. The van der Waals surface area contributed by atoms with Gasteiger partial charge in [-0.05, 0) is 41.0 Å². The molecule has 0 atom stereocenters. The molecule has 9 nitrogen and oxygen atoms in total. The number of carbonyl (C=O) groups excluding carboxylic acids is 1. The molecule has 0 bridgehead atoms. The van der Waals surface area contributed by atoms with Gasteiger partial charge in [0.25, 0.3) is 5.91 Å². The van der Waals surface area contributed by atoms with Crippen molar-refractivity contribution in [3.05, 3.63) is 60.7 Å². The van der Waals surface area contributed by atoms with Crippen LogP contribution in [0.3, 0.4) is 0 Å². The van der Waals surface area contributed by atoms with Gasteiger partial charge in [0.05, 0.1) is 23.7 Å². The largest absolute Gasteiger partial charge is 0.402 e. The van der Waals surface area contributed by atoms with E-state index < -0.39 is 21.5 Å². The first-order valence-corrected chi connectivity index (χ1v) is 13.2. The van der Waals surface area contributed by atoms with Crippen LogP contribution in [0.5, 0.6) is 0 Å². The second kappa shape index (κ2) is 9.11. The molecule has 0 saturated carbocycles. The van der Waals surface area contributed by atoms with Gasteiger partial charge in [-0.15, -0.1) is 10.2 Å². The fraction of sp³-hybridized carbons (Fsp3) is 0.227. The summed E-state index contributed by atoms with van der Waals surface area (Å²) in [5.74, 6) is 0.812. The molecule has 188 valence electrons. The molecule has 0 aliphatic carbocycles. The Hall–Kier alpha value is -3.33. The molecule has 1 aliphatic rings. The van der Waals surface area contributed by atoms with Crippen molar-refractivity contribution < 1.29 is 9.53 Å². The van der Waals surface area contributed by atoms with Gasteiger partial charge in [-0.2, -0.15) is 0 Å². The number of aromatic nitrogens is 5. The Kier molecular flexibility index (Phi) is 6.37. The molecule has 1 N–H and O–H groups in total. The summed E-state index contributed by atoms with van der Waals surface area (Å²) >= 11 is 0. The van der Waals surface area contributed by atoms with Gasteiger partial charge in [0.1, 0.15) is 68.6 Å². The molecule has 1 fully saturated rings. The summed E-state index contributed by atoms with van der Waals surface area (Å²) in [6.45, 7) is 0. The Balaban J connectivity index is 1.46. The van der Waals surface area contributed by atoms with E-state index in [9.17, 15) is 4.79 Å². The smallest absolute Gasteiger partial charge is 0.257 e. The van der Waals surface area contributed by atoms with Crippen molar-refractivity contribution in [3.8, 4) is 11.3 Å². The van der Waals surface area contributed by atoms with Crippen LogP contribution in [0.1, 0.15) is 10.4 Å². The van der Waals surface area contributed by atoms with Crippen molar-refractivity contribution in [2.75, 3.05) is 10.2 Å². The molecular formula is C22H29B8N7O2. The molecule has 4 aromatic rings. The highest BCUT2D eigenvalue weighted by Crippen LogP contribution is 2.42. The van der Waals surface area contributed by atoms with Crippen LogP contribution in [0.15, 0.2) is 55.1 Å². The lowest BCUT2D eigenvalue weighted by Crippen LogP contribution is -2.86. The van der Waals surface area contributed by atoms with Gasteiger partial charge in [-0.3, -0.25) is 4.79 Å². The number of imidazole rings is 1. The van der Waals surface area contributed by atoms with Crippen LogP contribution in [0.2, 0.25) is 0 Å². The Labute approximate surface area is 235 Å². The standard InChI is InChI=1S/C22H29B8N7O2/c1-36-10-31-9-15(36)11-2-3-14-13(6-11)7-16(35-34-14)33-18(38)12-4-5-32-17(8-12)37-19(23,24)21(27,28)39-22(29,30)20(37,25)26/h2-10H,23-30H2,1H3,(H,33,35,38). The number of aryl methyl sites for hydroxylation is 1. The van der Waals surface area contributed by atoms with Crippen LogP contribution in [-0.4, -0.2) is 115 Å². The molecule has 1 amide bonds. The number of fused-ring (bicyclic) bond motifs is 1. The molecule has 1 saturated heterocycles. The van der Waals surface area contributed by atoms with E-state index in [-0.39, 0.29) is 5.91 Å². The van der Waals surface area contributed by atoms with E-state index in [1.54, 1.807) is 18.6 Å². The third-order valence-corrected chi connectivity index (χ3v) is 8.75. The monoisotopic (exact) mass is 511 g/mol. The van der Waals surface area contributed by atoms with Crippen molar-refractivity contribution in [1.82, 2.24) is 24.7 Å². The summed E-state index contributed by atoms with van der Waals surface area (Å²) in [6.07, 6.45) is 5.26. The normalized spacial score (nSPS) is 18.9. The summed E-state index contributed by atoms with van der Waals surface area (Å²) in [7, 11) is 19.0. The zero-order chi connectivity index (χ0) is 28.4. The average Bonchev–Trinajstić information content (AvgIpc) is 3.28. The highest BCUT2D eigenvalue weighted by atomic mass is 16.5.